The van der Waals surface area contributed by atoms with Crippen molar-refractivity contribution >= 4 is 39.9 Å². The van der Waals surface area contributed by atoms with Crippen molar-refractivity contribution in [1.82, 2.24) is 10.3 Å². The number of benzene rings is 1. The molecule has 0 unspecified atom stereocenters. The minimum Gasteiger partial charge on any atom is -0.351 e. The van der Waals surface area contributed by atoms with Gasteiger partial charge >= 0.3 is 0 Å². The van der Waals surface area contributed by atoms with Crippen molar-refractivity contribution < 1.29 is 14.0 Å². The Morgan fingerprint density at radius 3 is 3.00 bits per heavy atom. The summed E-state index contributed by atoms with van der Waals surface area (Å²) in [5.41, 5.74) is 1.26. The Morgan fingerprint density at radius 1 is 1.42 bits per heavy atom. The molecule has 1 aliphatic carbocycles. The molecular formula is C18H19ClFN3O2S. The fraction of sp³-hybridized carbons (Fsp3) is 0.389. The minimum atomic E-state index is -0.508. The monoisotopic (exact) mass is 395 g/mol. The summed E-state index contributed by atoms with van der Waals surface area (Å²) < 4.78 is 13.0. The van der Waals surface area contributed by atoms with Crippen molar-refractivity contribution in [2.24, 2.45) is 5.92 Å². The van der Waals surface area contributed by atoms with E-state index in [4.69, 9.17) is 11.6 Å². The quantitative estimate of drug-likeness (QED) is 0.808. The van der Waals surface area contributed by atoms with Crippen LogP contribution >= 0.6 is 22.9 Å². The Morgan fingerprint density at radius 2 is 2.23 bits per heavy atom. The molecule has 0 radical (unpaired) electrons. The van der Waals surface area contributed by atoms with E-state index in [2.05, 4.69) is 22.5 Å². The van der Waals surface area contributed by atoms with Gasteiger partial charge in [-0.3, -0.25) is 9.59 Å². The zero-order valence-electron chi connectivity index (χ0n) is 14.3. The van der Waals surface area contributed by atoms with Crippen LogP contribution in [-0.4, -0.2) is 23.3 Å². The lowest BCUT2D eigenvalue weighted by molar-refractivity contribution is -0.116. The molecule has 0 bridgehead atoms. The number of rotatable bonds is 5. The van der Waals surface area contributed by atoms with E-state index in [0.29, 0.717) is 11.0 Å². The third-order valence-corrected chi connectivity index (χ3v) is 5.59. The number of halogens is 2. The van der Waals surface area contributed by atoms with Gasteiger partial charge in [0, 0.05) is 17.8 Å². The Kier molecular flexibility index (Phi) is 5.88. The third-order valence-electron chi connectivity index (χ3n) is 4.25. The van der Waals surface area contributed by atoms with Gasteiger partial charge < -0.3 is 10.6 Å². The predicted molar refractivity (Wildman–Crippen MR) is 100 cm³/mol. The summed E-state index contributed by atoms with van der Waals surface area (Å²) in [5.74, 6) is -0.511. The second kappa shape index (κ2) is 8.14. The van der Waals surface area contributed by atoms with Gasteiger partial charge in [0.2, 0.25) is 5.91 Å². The molecule has 0 saturated carbocycles. The fourth-order valence-corrected chi connectivity index (χ4v) is 4.27. The van der Waals surface area contributed by atoms with E-state index in [1.807, 2.05) is 0 Å². The average Bonchev–Trinajstić information content (AvgIpc) is 2.95. The molecule has 1 atom stereocenters. The van der Waals surface area contributed by atoms with Crippen LogP contribution < -0.4 is 10.6 Å². The molecule has 5 nitrogen and oxygen atoms in total. The number of anilines is 1. The number of amides is 2. The number of hydrogen-bond donors (Lipinski definition) is 2. The van der Waals surface area contributed by atoms with Gasteiger partial charge in [0.05, 0.1) is 16.3 Å². The summed E-state index contributed by atoms with van der Waals surface area (Å²) in [7, 11) is 0. The van der Waals surface area contributed by atoms with Gasteiger partial charge in [-0.1, -0.05) is 18.5 Å². The molecule has 0 fully saturated rings. The van der Waals surface area contributed by atoms with Crippen LogP contribution in [0.5, 0.6) is 0 Å². The van der Waals surface area contributed by atoms with Crippen molar-refractivity contribution in [1.29, 1.82) is 0 Å². The molecule has 2 amide bonds. The van der Waals surface area contributed by atoms with Crippen LogP contribution in [0.25, 0.3) is 0 Å². The van der Waals surface area contributed by atoms with Crippen molar-refractivity contribution in [3.8, 4) is 0 Å². The number of thiazole rings is 1. The molecule has 1 aromatic carbocycles. The Bertz CT molecular complexity index is 840. The minimum absolute atomic E-state index is 0.0366. The normalized spacial score (nSPS) is 16.0. The van der Waals surface area contributed by atoms with Gasteiger partial charge in [-0.25, -0.2) is 9.37 Å². The van der Waals surface area contributed by atoms with Crippen LogP contribution in [0.4, 0.5) is 9.52 Å². The molecule has 0 saturated heterocycles. The summed E-state index contributed by atoms with van der Waals surface area (Å²) in [6.45, 7) is 2.37. The Balaban J connectivity index is 1.48. The van der Waals surface area contributed by atoms with Crippen LogP contribution in [0.2, 0.25) is 5.02 Å². The zero-order valence-corrected chi connectivity index (χ0v) is 15.8. The molecule has 1 aromatic heterocycles. The highest BCUT2D eigenvalue weighted by Crippen LogP contribution is 2.32. The highest BCUT2D eigenvalue weighted by atomic mass is 35.5. The molecular weight excluding hydrogens is 377 g/mol. The number of hydrogen-bond acceptors (Lipinski definition) is 4. The number of nitrogens with one attached hydrogen (secondary N) is 2. The van der Waals surface area contributed by atoms with Crippen molar-refractivity contribution in [3.63, 3.8) is 0 Å². The molecule has 2 N–H and O–H groups in total. The lowest BCUT2D eigenvalue weighted by Gasteiger charge is -2.15. The summed E-state index contributed by atoms with van der Waals surface area (Å²) in [6, 6.07) is 3.56. The van der Waals surface area contributed by atoms with E-state index < -0.39 is 11.7 Å². The Labute approximate surface area is 160 Å². The zero-order chi connectivity index (χ0) is 18.7. The molecule has 0 spiro atoms. The van der Waals surface area contributed by atoms with Crippen LogP contribution in [0.15, 0.2) is 18.2 Å². The highest BCUT2D eigenvalue weighted by Gasteiger charge is 2.20. The SMILES string of the molecule is C[C@H]1CCc2nc(NC(=O)CCNC(=O)c3ccc(F)cc3Cl)sc2C1. The molecule has 1 aliphatic rings. The van der Waals surface area contributed by atoms with E-state index in [9.17, 15) is 14.0 Å². The van der Waals surface area contributed by atoms with Gasteiger partial charge in [-0.2, -0.15) is 0 Å². The van der Waals surface area contributed by atoms with Gasteiger partial charge in [-0.15, -0.1) is 11.3 Å². The summed E-state index contributed by atoms with van der Waals surface area (Å²) in [6.07, 6.45) is 3.21. The van der Waals surface area contributed by atoms with Crippen molar-refractivity contribution in [2.45, 2.75) is 32.6 Å². The van der Waals surface area contributed by atoms with Crippen LogP contribution in [0.1, 0.15) is 40.7 Å². The van der Waals surface area contributed by atoms with Crippen LogP contribution in [0, 0.1) is 11.7 Å². The number of fused-ring (bicyclic) bond motifs is 1. The van der Waals surface area contributed by atoms with E-state index in [1.165, 1.54) is 28.3 Å². The fourth-order valence-electron chi connectivity index (χ4n) is 2.83. The molecule has 3 rings (SSSR count). The second-order valence-corrected chi connectivity index (χ2v) is 7.91. The molecule has 2 aromatic rings. The standard InChI is InChI=1S/C18H19ClFN3O2S/c1-10-2-5-14-15(8-10)26-18(22-14)23-16(24)6-7-21-17(25)12-4-3-11(20)9-13(12)19/h3-4,9-10H,2,5-8H2,1H3,(H,21,25)(H,22,23,24)/t10-/m0/s1. The summed E-state index contributed by atoms with van der Waals surface area (Å²) >= 11 is 7.37. The number of carbonyl (C=O) groups is 2. The van der Waals surface area contributed by atoms with E-state index in [1.54, 1.807) is 0 Å². The topological polar surface area (TPSA) is 71.1 Å². The first-order chi connectivity index (χ1) is 12.4. The second-order valence-electron chi connectivity index (χ2n) is 6.42. The lowest BCUT2D eigenvalue weighted by atomic mass is 9.93. The molecule has 8 heteroatoms. The third kappa shape index (κ3) is 4.59. The first kappa shape index (κ1) is 18.8. The Hall–Kier alpha value is -1.99. The smallest absolute Gasteiger partial charge is 0.252 e. The van der Waals surface area contributed by atoms with Gasteiger partial charge in [0.25, 0.3) is 5.91 Å². The maximum Gasteiger partial charge on any atom is 0.252 e. The first-order valence-electron chi connectivity index (χ1n) is 8.44. The molecule has 0 aliphatic heterocycles. The van der Waals surface area contributed by atoms with Gasteiger partial charge in [0.1, 0.15) is 5.82 Å². The van der Waals surface area contributed by atoms with Crippen LogP contribution in [-0.2, 0) is 17.6 Å². The number of carbonyl (C=O) groups excluding carboxylic acids is 2. The maximum atomic E-state index is 13.0. The van der Waals surface area contributed by atoms with E-state index in [-0.39, 0.29) is 29.5 Å². The largest absolute Gasteiger partial charge is 0.351 e. The molecule has 26 heavy (non-hydrogen) atoms. The predicted octanol–water partition coefficient (Wildman–Crippen LogP) is 3.82. The van der Waals surface area contributed by atoms with Crippen molar-refractivity contribution in [2.75, 3.05) is 11.9 Å². The van der Waals surface area contributed by atoms with Crippen LogP contribution in [0.3, 0.4) is 0 Å². The van der Waals surface area contributed by atoms with Gasteiger partial charge in [0.15, 0.2) is 5.13 Å². The first-order valence-corrected chi connectivity index (χ1v) is 9.63. The molecule has 138 valence electrons. The summed E-state index contributed by atoms with van der Waals surface area (Å²) in [5, 5.41) is 6.04. The lowest BCUT2D eigenvalue weighted by Crippen LogP contribution is -2.27. The van der Waals surface area contributed by atoms with E-state index in [0.717, 1.165) is 31.0 Å². The highest BCUT2D eigenvalue weighted by molar-refractivity contribution is 7.15. The number of aromatic nitrogens is 1. The van der Waals surface area contributed by atoms with E-state index >= 15 is 0 Å². The van der Waals surface area contributed by atoms with Crippen molar-refractivity contribution in [3.05, 3.63) is 45.2 Å². The number of nitrogens with zero attached hydrogens (tertiary/aromatic N) is 1. The molecule has 1 heterocycles. The number of aryl methyl sites for hydroxylation is 1. The summed E-state index contributed by atoms with van der Waals surface area (Å²) in [4.78, 5) is 29.8. The van der Waals surface area contributed by atoms with Gasteiger partial charge in [-0.05, 0) is 43.4 Å². The maximum absolute atomic E-state index is 13.0. The average molecular weight is 396 g/mol.